The third-order valence-corrected chi connectivity index (χ3v) is 7.27. The molecule has 2 unspecified atom stereocenters. The first-order chi connectivity index (χ1) is 17.8. The van der Waals surface area contributed by atoms with Crippen molar-refractivity contribution in [3.63, 3.8) is 0 Å². The van der Waals surface area contributed by atoms with Crippen molar-refractivity contribution in [2.24, 2.45) is 10.9 Å². The third kappa shape index (κ3) is 8.47. The highest BCUT2D eigenvalue weighted by Crippen LogP contribution is 2.36. The second kappa shape index (κ2) is 15.2. The van der Waals surface area contributed by atoms with Crippen LogP contribution >= 0.6 is 11.3 Å². The average Bonchev–Trinajstić information content (AvgIpc) is 3.30. The van der Waals surface area contributed by atoms with Gasteiger partial charge in [0.15, 0.2) is 0 Å². The number of nitrogens with zero attached hydrogens (tertiary/aromatic N) is 4. The van der Waals surface area contributed by atoms with Gasteiger partial charge in [-0.15, -0.1) is 11.3 Å². The van der Waals surface area contributed by atoms with Crippen LogP contribution in [0.1, 0.15) is 67.0 Å². The van der Waals surface area contributed by atoms with Crippen molar-refractivity contribution >= 4 is 35.9 Å². The number of rotatable bonds is 12. The molecule has 0 fully saturated rings. The Morgan fingerprint density at radius 3 is 2.35 bits per heavy atom. The Bertz CT molecular complexity index is 1140. The monoisotopic (exact) mass is 522 g/mol. The van der Waals surface area contributed by atoms with Gasteiger partial charge in [-0.3, -0.25) is 0 Å². The summed E-state index contributed by atoms with van der Waals surface area (Å²) in [5, 5.41) is 17.5. The van der Waals surface area contributed by atoms with Crippen LogP contribution in [-0.4, -0.2) is 47.0 Å². The third-order valence-electron chi connectivity index (χ3n) is 6.16. The van der Waals surface area contributed by atoms with Crippen LogP contribution in [0.4, 0.5) is 11.8 Å². The summed E-state index contributed by atoms with van der Waals surface area (Å²) >= 11 is 1.62. The predicted octanol–water partition coefficient (Wildman–Crippen LogP) is 6.73. The normalized spacial score (nSPS) is 12.2. The number of nitrogens with one attached hydrogen (secondary N) is 2. The molecule has 3 aromatic rings. The number of aliphatic hydroxyl groups is 1. The molecule has 200 valence electrons. The molecule has 0 spiro atoms. The van der Waals surface area contributed by atoms with Crippen molar-refractivity contribution in [2.75, 3.05) is 30.8 Å². The van der Waals surface area contributed by atoms with E-state index in [4.69, 9.17) is 15.0 Å². The maximum Gasteiger partial charge on any atom is 0.225 e. The molecule has 0 bridgehead atoms. The summed E-state index contributed by atoms with van der Waals surface area (Å²) in [6.45, 7) is 18.4. The minimum Gasteiger partial charge on any atom is -0.396 e. The summed E-state index contributed by atoms with van der Waals surface area (Å²) in [6, 6.07) is 8.56. The van der Waals surface area contributed by atoms with E-state index in [0.717, 1.165) is 58.5 Å². The molecule has 37 heavy (non-hydrogen) atoms. The molecule has 1 aromatic carbocycles. The van der Waals surface area contributed by atoms with Gasteiger partial charge in [0.05, 0.1) is 27.9 Å². The number of benzene rings is 1. The van der Waals surface area contributed by atoms with Crippen LogP contribution in [0.25, 0.3) is 16.6 Å². The highest BCUT2D eigenvalue weighted by molar-refractivity contribution is 7.16. The van der Waals surface area contributed by atoms with E-state index >= 15 is 0 Å². The summed E-state index contributed by atoms with van der Waals surface area (Å²) < 4.78 is 0. The van der Waals surface area contributed by atoms with E-state index in [1.165, 1.54) is 11.1 Å². The Kier molecular flexibility index (Phi) is 12.4. The number of hydrogen-bond acceptors (Lipinski definition) is 8. The second-order valence-electron chi connectivity index (χ2n) is 9.01. The van der Waals surface area contributed by atoms with E-state index in [1.54, 1.807) is 18.4 Å². The van der Waals surface area contributed by atoms with Gasteiger partial charge in [-0.05, 0) is 51.8 Å². The summed E-state index contributed by atoms with van der Waals surface area (Å²) in [7, 11) is 1.64. The van der Waals surface area contributed by atoms with Crippen molar-refractivity contribution < 1.29 is 5.11 Å². The Labute approximate surface area is 226 Å². The summed E-state index contributed by atoms with van der Waals surface area (Å²) in [4.78, 5) is 18.9. The molecule has 7 nitrogen and oxygen atoms in total. The van der Waals surface area contributed by atoms with E-state index in [9.17, 15) is 5.11 Å². The van der Waals surface area contributed by atoms with Gasteiger partial charge in [0.25, 0.3) is 0 Å². The number of thiazole rings is 1. The van der Waals surface area contributed by atoms with Crippen molar-refractivity contribution in [1.29, 1.82) is 0 Å². The maximum absolute atomic E-state index is 9.57. The molecular formula is C29H42N6OS. The SMILES string of the molecule is C=Cc1sc(-c2c(C)nc(NC(C)c3ccc(C)cc3)nc2NCCC(CC)CO)nc1CC.C=NC. The van der Waals surface area contributed by atoms with E-state index in [1.807, 2.05) is 13.0 Å². The minimum absolute atomic E-state index is 0.0662. The topological polar surface area (TPSA) is 95.3 Å². The number of hydrogen-bond donors (Lipinski definition) is 3. The van der Waals surface area contributed by atoms with Crippen LogP contribution in [0, 0.1) is 19.8 Å². The first-order valence-corrected chi connectivity index (χ1v) is 13.7. The first kappa shape index (κ1) is 30.1. The largest absolute Gasteiger partial charge is 0.396 e. The number of aryl methyl sites for hydroxylation is 3. The molecule has 3 N–H and O–H groups in total. The van der Waals surface area contributed by atoms with Gasteiger partial charge in [-0.1, -0.05) is 62.8 Å². The molecule has 0 saturated heterocycles. The van der Waals surface area contributed by atoms with Crippen LogP contribution < -0.4 is 10.6 Å². The van der Waals surface area contributed by atoms with E-state index in [0.29, 0.717) is 5.95 Å². The minimum atomic E-state index is 0.0662. The van der Waals surface area contributed by atoms with Crippen LogP contribution in [0.15, 0.2) is 35.8 Å². The first-order valence-electron chi connectivity index (χ1n) is 12.8. The van der Waals surface area contributed by atoms with Gasteiger partial charge in [-0.2, -0.15) is 4.98 Å². The van der Waals surface area contributed by atoms with Crippen LogP contribution in [0.3, 0.4) is 0 Å². The Balaban J connectivity index is 0.00000153. The molecule has 0 radical (unpaired) electrons. The number of aromatic nitrogens is 3. The van der Waals surface area contributed by atoms with Gasteiger partial charge in [0.2, 0.25) is 5.95 Å². The fourth-order valence-electron chi connectivity index (χ4n) is 3.86. The van der Waals surface area contributed by atoms with E-state index in [2.05, 4.69) is 80.9 Å². The van der Waals surface area contributed by atoms with Crippen LogP contribution in [0.5, 0.6) is 0 Å². The number of aliphatic imine (C=N–C) groups is 1. The molecule has 0 saturated carbocycles. The molecule has 0 aliphatic carbocycles. The van der Waals surface area contributed by atoms with E-state index in [-0.39, 0.29) is 18.6 Å². The highest BCUT2D eigenvalue weighted by Gasteiger charge is 2.20. The summed E-state index contributed by atoms with van der Waals surface area (Å²) in [5.41, 5.74) is 5.26. The fourth-order valence-corrected chi connectivity index (χ4v) is 4.96. The van der Waals surface area contributed by atoms with Crippen molar-refractivity contribution in [1.82, 2.24) is 15.0 Å². The zero-order chi connectivity index (χ0) is 27.4. The fraction of sp³-hybridized carbons (Fsp3) is 0.448. The van der Waals surface area contributed by atoms with Crippen molar-refractivity contribution in [2.45, 2.75) is 59.9 Å². The highest BCUT2D eigenvalue weighted by atomic mass is 32.1. The van der Waals surface area contributed by atoms with Gasteiger partial charge < -0.3 is 20.7 Å². The van der Waals surface area contributed by atoms with Gasteiger partial charge in [0, 0.05) is 20.2 Å². The standard InChI is InChI=1S/C27H37N5OS.C2H5N/c1-7-20(16-33)14-15-28-25-24(26-31-22(8-2)23(9-3)34-26)19(6)30-27(32-25)29-18(5)21-12-10-17(4)11-13-21;1-3-2/h9-13,18,20,33H,3,7-8,14-16H2,1-2,4-6H3,(H2,28,29,30,32);1H2,2H3. The van der Waals surface area contributed by atoms with Crippen molar-refractivity contribution in [3.05, 3.63) is 58.2 Å². The van der Waals surface area contributed by atoms with Gasteiger partial charge in [0.1, 0.15) is 10.8 Å². The summed E-state index contributed by atoms with van der Waals surface area (Å²) in [6.07, 6.45) is 4.54. The lowest BCUT2D eigenvalue weighted by Crippen LogP contribution is -2.15. The second-order valence-corrected chi connectivity index (χ2v) is 10.0. The summed E-state index contributed by atoms with van der Waals surface area (Å²) in [5.74, 6) is 1.63. The molecule has 2 aromatic heterocycles. The molecule has 2 atom stereocenters. The van der Waals surface area contributed by atoms with Crippen molar-refractivity contribution in [3.8, 4) is 10.6 Å². The molecule has 2 heterocycles. The Hall–Kier alpha value is -3.10. The van der Waals surface area contributed by atoms with Gasteiger partial charge >= 0.3 is 0 Å². The molecule has 0 aliphatic heterocycles. The zero-order valence-electron chi connectivity index (χ0n) is 23.1. The number of anilines is 2. The predicted molar refractivity (Wildman–Crippen MR) is 160 cm³/mol. The Morgan fingerprint density at radius 2 is 1.81 bits per heavy atom. The molecule has 8 heteroatoms. The molecular weight excluding hydrogens is 480 g/mol. The molecule has 3 rings (SSSR count). The molecule has 0 amide bonds. The Morgan fingerprint density at radius 1 is 1.14 bits per heavy atom. The van der Waals surface area contributed by atoms with E-state index < -0.39 is 0 Å². The molecule has 0 aliphatic rings. The lowest BCUT2D eigenvalue weighted by molar-refractivity contribution is 0.217. The van der Waals surface area contributed by atoms with Crippen LogP contribution in [-0.2, 0) is 6.42 Å². The average molecular weight is 523 g/mol. The van der Waals surface area contributed by atoms with Gasteiger partial charge in [-0.25, -0.2) is 9.97 Å². The zero-order valence-corrected chi connectivity index (χ0v) is 24.0. The number of aliphatic hydroxyl groups excluding tert-OH is 1. The smallest absolute Gasteiger partial charge is 0.225 e. The lowest BCUT2D eigenvalue weighted by atomic mass is 10.0. The maximum atomic E-state index is 9.57. The quantitative estimate of drug-likeness (QED) is 0.228. The lowest BCUT2D eigenvalue weighted by Gasteiger charge is -2.19. The van der Waals surface area contributed by atoms with Crippen LogP contribution in [0.2, 0.25) is 0 Å².